The van der Waals surface area contributed by atoms with E-state index >= 15 is 0 Å². The molecule has 2 heterocycles. The molecule has 8 heteroatoms. The number of carbonyl (C=O) groups excluding carboxylic acids is 1. The topological polar surface area (TPSA) is 79.8 Å². The predicted octanol–water partition coefficient (Wildman–Crippen LogP) is 3.26. The molecule has 26 heavy (non-hydrogen) atoms. The number of thiazole rings is 1. The number of nitrogens with one attached hydrogen (secondary N) is 2. The van der Waals surface area contributed by atoms with Crippen LogP contribution in [0.1, 0.15) is 28.2 Å². The van der Waals surface area contributed by atoms with E-state index in [1.165, 1.54) is 40.3 Å². The molecule has 0 saturated heterocycles. The van der Waals surface area contributed by atoms with E-state index in [2.05, 4.69) is 15.4 Å². The Bertz CT molecular complexity index is 982. The smallest absolute Gasteiger partial charge is 0.276 e. The first-order valence-electron chi connectivity index (χ1n) is 8.15. The lowest BCUT2D eigenvalue weighted by Crippen LogP contribution is -2.19. The van der Waals surface area contributed by atoms with Gasteiger partial charge in [0.2, 0.25) is 11.0 Å². The number of aryl methyl sites for hydroxylation is 3. The number of benzene rings is 1. The summed E-state index contributed by atoms with van der Waals surface area (Å²) in [7, 11) is 0. The highest BCUT2D eigenvalue weighted by Crippen LogP contribution is 2.19. The maximum atomic E-state index is 12.9. The average molecular weight is 374 g/mol. The molecule has 1 aromatic carbocycles. The number of carbonyl (C=O) groups is 1. The van der Waals surface area contributed by atoms with Crippen LogP contribution in [0.25, 0.3) is 5.13 Å². The number of halogens is 1. The number of rotatable bonds is 5. The van der Waals surface area contributed by atoms with Crippen LogP contribution in [0.5, 0.6) is 0 Å². The first-order chi connectivity index (χ1) is 12.3. The molecule has 0 aliphatic carbocycles. The second-order valence-electron chi connectivity index (χ2n) is 6.05. The van der Waals surface area contributed by atoms with Gasteiger partial charge in [0.15, 0.2) is 0 Å². The molecule has 0 atom stereocenters. The summed E-state index contributed by atoms with van der Waals surface area (Å²) in [5.74, 6) is -0.594. The normalized spacial score (nSPS) is 10.9. The van der Waals surface area contributed by atoms with Gasteiger partial charge in [-0.2, -0.15) is 4.68 Å². The lowest BCUT2D eigenvalue weighted by molar-refractivity contribution is -0.116. The van der Waals surface area contributed by atoms with Crippen molar-refractivity contribution in [3.8, 4) is 5.13 Å². The molecule has 136 valence electrons. The maximum absolute atomic E-state index is 12.9. The van der Waals surface area contributed by atoms with Crippen LogP contribution in [0.2, 0.25) is 0 Å². The molecule has 2 aromatic heterocycles. The van der Waals surface area contributed by atoms with Crippen LogP contribution in [0.4, 0.5) is 10.1 Å². The van der Waals surface area contributed by atoms with E-state index < -0.39 is 0 Å². The van der Waals surface area contributed by atoms with Crippen molar-refractivity contribution in [2.45, 2.75) is 33.6 Å². The van der Waals surface area contributed by atoms with Crippen molar-refractivity contribution < 1.29 is 9.18 Å². The Morgan fingerprint density at radius 2 is 1.96 bits per heavy atom. The van der Waals surface area contributed by atoms with E-state index in [0.29, 0.717) is 22.8 Å². The van der Waals surface area contributed by atoms with Gasteiger partial charge in [0.05, 0.1) is 5.69 Å². The molecule has 0 spiro atoms. The summed E-state index contributed by atoms with van der Waals surface area (Å²) in [4.78, 5) is 30.2. The number of hydrogen-bond acceptors (Lipinski definition) is 4. The fraction of sp³-hybridized carbons (Fsp3) is 0.278. The van der Waals surface area contributed by atoms with Gasteiger partial charge in [0.25, 0.3) is 5.56 Å². The van der Waals surface area contributed by atoms with Gasteiger partial charge in [-0.05, 0) is 51.5 Å². The molecule has 6 nitrogen and oxygen atoms in total. The largest absolute Gasteiger partial charge is 0.326 e. The minimum Gasteiger partial charge on any atom is -0.326 e. The Morgan fingerprint density at radius 3 is 2.58 bits per heavy atom. The Morgan fingerprint density at radius 1 is 1.27 bits per heavy atom. The van der Waals surface area contributed by atoms with Crippen LogP contribution in [0.3, 0.4) is 0 Å². The quantitative estimate of drug-likeness (QED) is 0.719. The third-order valence-electron chi connectivity index (χ3n) is 4.13. The number of amides is 1. The van der Waals surface area contributed by atoms with E-state index in [0.717, 1.165) is 16.3 Å². The number of hydrogen-bond donors (Lipinski definition) is 2. The number of H-pyrrole nitrogens is 1. The Labute approximate surface area is 153 Å². The summed E-state index contributed by atoms with van der Waals surface area (Å²) in [6.07, 6.45) is 0.464. The first kappa shape index (κ1) is 18.1. The third-order valence-corrected chi connectivity index (χ3v) is 5.19. The van der Waals surface area contributed by atoms with Crippen LogP contribution in [0, 0.1) is 26.6 Å². The summed E-state index contributed by atoms with van der Waals surface area (Å²) in [5.41, 5.74) is 2.50. The average Bonchev–Trinajstić information content (AvgIpc) is 3.07. The van der Waals surface area contributed by atoms with Gasteiger partial charge in [0.1, 0.15) is 5.82 Å². The fourth-order valence-electron chi connectivity index (χ4n) is 2.56. The van der Waals surface area contributed by atoms with Crippen molar-refractivity contribution in [2.75, 3.05) is 5.32 Å². The molecule has 0 unspecified atom stereocenters. The summed E-state index contributed by atoms with van der Waals surface area (Å²) in [5, 5.41) is 6.31. The van der Waals surface area contributed by atoms with Gasteiger partial charge in [0, 0.05) is 28.2 Å². The number of aromatic nitrogens is 3. The van der Waals surface area contributed by atoms with Crippen molar-refractivity contribution in [1.29, 1.82) is 0 Å². The van der Waals surface area contributed by atoms with Crippen LogP contribution in [-0.2, 0) is 11.2 Å². The Kier molecular flexibility index (Phi) is 5.03. The zero-order valence-corrected chi connectivity index (χ0v) is 15.5. The van der Waals surface area contributed by atoms with Crippen LogP contribution in [-0.4, -0.2) is 20.7 Å². The standard InChI is InChI=1S/C18H19FN4O2S/c1-10-12(3)26-18(20-10)23-17(25)15(11(2)22-23)8-9-16(24)21-14-6-4-13(19)5-7-14/h4-7,22H,8-9H2,1-3H3,(H,21,24). The number of anilines is 1. The zero-order valence-electron chi connectivity index (χ0n) is 14.7. The van der Waals surface area contributed by atoms with Crippen LogP contribution < -0.4 is 10.9 Å². The highest BCUT2D eigenvalue weighted by Gasteiger charge is 2.16. The van der Waals surface area contributed by atoms with Crippen LogP contribution in [0.15, 0.2) is 29.1 Å². The van der Waals surface area contributed by atoms with Gasteiger partial charge < -0.3 is 5.32 Å². The van der Waals surface area contributed by atoms with Gasteiger partial charge in [-0.1, -0.05) is 11.3 Å². The summed E-state index contributed by atoms with van der Waals surface area (Å²) in [6, 6.07) is 5.55. The Balaban J connectivity index is 1.71. The molecule has 3 aromatic rings. The van der Waals surface area contributed by atoms with Gasteiger partial charge in [-0.25, -0.2) is 9.37 Å². The third kappa shape index (κ3) is 3.75. The van der Waals surface area contributed by atoms with Gasteiger partial charge in [-0.15, -0.1) is 0 Å². The molecule has 1 amide bonds. The lowest BCUT2D eigenvalue weighted by Gasteiger charge is -2.04. The summed E-state index contributed by atoms with van der Waals surface area (Å²) >= 11 is 1.44. The van der Waals surface area contributed by atoms with Crippen molar-refractivity contribution in [3.63, 3.8) is 0 Å². The van der Waals surface area contributed by atoms with Crippen molar-refractivity contribution >= 4 is 22.9 Å². The summed E-state index contributed by atoms with van der Waals surface area (Å²) in [6.45, 7) is 5.66. The maximum Gasteiger partial charge on any atom is 0.276 e. The van der Waals surface area contributed by atoms with Crippen molar-refractivity contribution in [1.82, 2.24) is 14.8 Å². The number of aromatic amines is 1. The first-order valence-corrected chi connectivity index (χ1v) is 8.97. The molecule has 0 aliphatic heterocycles. The minimum atomic E-state index is -0.362. The second-order valence-corrected chi connectivity index (χ2v) is 7.23. The molecule has 0 saturated carbocycles. The Hall–Kier alpha value is -2.74. The van der Waals surface area contributed by atoms with E-state index in [-0.39, 0.29) is 23.7 Å². The molecule has 0 aliphatic rings. The summed E-state index contributed by atoms with van der Waals surface area (Å²) < 4.78 is 14.3. The van der Waals surface area contributed by atoms with Gasteiger partial charge >= 0.3 is 0 Å². The van der Waals surface area contributed by atoms with E-state index in [1.54, 1.807) is 6.92 Å². The van der Waals surface area contributed by atoms with E-state index in [9.17, 15) is 14.0 Å². The zero-order chi connectivity index (χ0) is 18.8. The lowest BCUT2D eigenvalue weighted by atomic mass is 10.1. The predicted molar refractivity (Wildman–Crippen MR) is 99.6 cm³/mol. The molecule has 0 radical (unpaired) electrons. The highest BCUT2D eigenvalue weighted by atomic mass is 32.1. The van der Waals surface area contributed by atoms with Crippen molar-refractivity contribution in [3.05, 3.63) is 62.3 Å². The molecule has 3 rings (SSSR count). The minimum absolute atomic E-state index is 0.154. The number of nitrogens with zero attached hydrogens (tertiary/aromatic N) is 2. The molecule has 0 bridgehead atoms. The fourth-order valence-corrected chi connectivity index (χ4v) is 3.43. The van der Waals surface area contributed by atoms with E-state index in [4.69, 9.17) is 0 Å². The highest BCUT2D eigenvalue weighted by molar-refractivity contribution is 7.14. The SMILES string of the molecule is Cc1nc(-n2[nH]c(C)c(CCC(=O)Nc3ccc(F)cc3)c2=O)sc1C. The molecular formula is C18H19FN4O2S. The van der Waals surface area contributed by atoms with E-state index in [1.807, 2.05) is 13.8 Å². The van der Waals surface area contributed by atoms with Gasteiger partial charge in [-0.3, -0.25) is 14.7 Å². The molecular weight excluding hydrogens is 355 g/mol. The van der Waals surface area contributed by atoms with Crippen LogP contribution >= 0.6 is 11.3 Å². The second kappa shape index (κ2) is 7.25. The monoisotopic (exact) mass is 374 g/mol. The van der Waals surface area contributed by atoms with Crippen molar-refractivity contribution in [2.24, 2.45) is 0 Å². The molecule has 0 fully saturated rings. The molecule has 2 N–H and O–H groups in total.